The molecule has 0 saturated carbocycles. The molecule has 21 heavy (non-hydrogen) atoms. The second kappa shape index (κ2) is 5.65. The van der Waals surface area contributed by atoms with Crippen molar-refractivity contribution in [3.8, 4) is 0 Å². The van der Waals surface area contributed by atoms with E-state index in [0.29, 0.717) is 10.6 Å². The van der Waals surface area contributed by atoms with Gasteiger partial charge < -0.3 is 10.8 Å². The molecular weight excluding hydrogens is 305 g/mol. The number of anilines is 1. The summed E-state index contributed by atoms with van der Waals surface area (Å²) in [5, 5.41) is 9.19. The van der Waals surface area contributed by atoms with Gasteiger partial charge in [0.15, 0.2) is 0 Å². The number of carboxylic acid groups (broad SMARTS) is 1. The Morgan fingerprint density at radius 1 is 1.24 bits per heavy atom. The molecule has 8 heteroatoms. The van der Waals surface area contributed by atoms with Crippen LogP contribution in [0.4, 0.5) is 18.9 Å². The van der Waals surface area contributed by atoms with Crippen molar-refractivity contribution in [3.05, 3.63) is 47.7 Å². The topological polar surface area (TPSA) is 76.2 Å². The highest BCUT2D eigenvalue weighted by molar-refractivity contribution is 7.99. The molecule has 1 aromatic carbocycles. The smallest absolute Gasteiger partial charge is 0.417 e. The van der Waals surface area contributed by atoms with Crippen LogP contribution in [0, 0.1) is 0 Å². The van der Waals surface area contributed by atoms with Crippen molar-refractivity contribution in [1.29, 1.82) is 0 Å². The summed E-state index contributed by atoms with van der Waals surface area (Å²) >= 11 is 0.998. The maximum atomic E-state index is 12.4. The lowest BCUT2D eigenvalue weighted by Gasteiger charge is -2.08. The SMILES string of the molecule is Nc1ccc(C(=O)O)cc1Sc1ccc(C(F)(F)F)cn1. The molecule has 4 nitrogen and oxygen atoms in total. The molecule has 0 atom stereocenters. The summed E-state index contributed by atoms with van der Waals surface area (Å²) in [6.07, 6.45) is -3.72. The van der Waals surface area contributed by atoms with Crippen LogP contribution < -0.4 is 5.73 Å². The molecule has 0 fully saturated rings. The Morgan fingerprint density at radius 2 is 1.95 bits per heavy atom. The summed E-state index contributed by atoms with van der Waals surface area (Å²) in [5.74, 6) is -1.11. The molecule has 2 rings (SSSR count). The Kier molecular flexibility index (Phi) is 4.08. The molecule has 0 saturated heterocycles. The zero-order chi connectivity index (χ0) is 15.6. The lowest BCUT2D eigenvalue weighted by molar-refractivity contribution is -0.137. The van der Waals surface area contributed by atoms with E-state index in [1.54, 1.807) is 0 Å². The first-order valence-electron chi connectivity index (χ1n) is 5.61. The van der Waals surface area contributed by atoms with Gasteiger partial charge >= 0.3 is 12.1 Å². The Morgan fingerprint density at radius 3 is 2.48 bits per heavy atom. The molecule has 0 spiro atoms. The Hall–Kier alpha value is -2.22. The minimum Gasteiger partial charge on any atom is -0.478 e. The fourth-order valence-electron chi connectivity index (χ4n) is 1.48. The molecular formula is C13H9F3N2O2S. The first-order valence-corrected chi connectivity index (χ1v) is 6.43. The van der Waals surface area contributed by atoms with Gasteiger partial charge in [-0.1, -0.05) is 11.8 Å². The standard InChI is InChI=1S/C13H9F3N2O2S/c14-13(15,16)8-2-4-11(18-6-8)21-10-5-7(12(19)20)1-3-9(10)17/h1-6H,17H2,(H,19,20). The molecule has 1 heterocycles. The number of hydrogen-bond acceptors (Lipinski definition) is 4. The first kappa shape index (κ1) is 15.2. The van der Waals surface area contributed by atoms with Crippen molar-refractivity contribution in [3.63, 3.8) is 0 Å². The fraction of sp³-hybridized carbons (Fsp3) is 0.0769. The van der Waals surface area contributed by atoms with Gasteiger partial charge in [-0.05, 0) is 30.3 Å². The van der Waals surface area contributed by atoms with Gasteiger partial charge in [-0.3, -0.25) is 0 Å². The third-order valence-electron chi connectivity index (χ3n) is 2.54. The van der Waals surface area contributed by atoms with Crippen LogP contribution >= 0.6 is 11.8 Å². The minimum atomic E-state index is -4.45. The number of nitrogen functional groups attached to an aromatic ring is 1. The van der Waals surface area contributed by atoms with E-state index in [0.717, 1.165) is 24.0 Å². The van der Waals surface area contributed by atoms with E-state index in [4.69, 9.17) is 10.8 Å². The van der Waals surface area contributed by atoms with E-state index < -0.39 is 17.7 Å². The molecule has 0 unspecified atom stereocenters. The molecule has 1 aromatic heterocycles. The molecule has 0 aliphatic heterocycles. The molecule has 110 valence electrons. The van der Waals surface area contributed by atoms with E-state index in [2.05, 4.69) is 4.98 Å². The predicted octanol–water partition coefficient (Wildman–Crippen LogP) is 3.53. The van der Waals surface area contributed by atoms with E-state index in [-0.39, 0.29) is 10.6 Å². The average Bonchev–Trinajstić information content (AvgIpc) is 2.40. The maximum Gasteiger partial charge on any atom is 0.417 e. The summed E-state index contributed by atoms with van der Waals surface area (Å²) < 4.78 is 37.3. The zero-order valence-electron chi connectivity index (χ0n) is 10.4. The normalized spacial score (nSPS) is 11.4. The van der Waals surface area contributed by atoms with Gasteiger partial charge in [0, 0.05) is 16.8 Å². The highest BCUT2D eigenvalue weighted by atomic mass is 32.2. The molecule has 2 aromatic rings. The Balaban J connectivity index is 2.26. The second-order valence-corrected chi connectivity index (χ2v) is 5.10. The summed E-state index contributed by atoms with van der Waals surface area (Å²) in [4.78, 5) is 15.0. The summed E-state index contributed by atoms with van der Waals surface area (Å²) in [6, 6.07) is 6.24. The predicted molar refractivity (Wildman–Crippen MR) is 71.2 cm³/mol. The number of hydrogen-bond donors (Lipinski definition) is 2. The number of pyridine rings is 1. The van der Waals surface area contributed by atoms with Crippen LogP contribution in [0.5, 0.6) is 0 Å². The number of rotatable bonds is 3. The maximum absolute atomic E-state index is 12.4. The van der Waals surface area contributed by atoms with Gasteiger partial charge in [0.1, 0.15) is 5.03 Å². The highest BCUT2D eigenvalue weighted by Gasteiger charge is 2.30. The van der Waals surface area contributed by atoms with Crippen LogP contribution in [0.3, 0.4) is 0 Å². The van der Waals surface area contributed by atoms with Gasteiger partial charge in [-0.25, -0.2) is 9.78 Å². The molecule has 0 aliphatic rings. The summed E-state index contributed by atoms with van der Waals surface area (Å²) in [7, 11) is 0. The van der Waals surface area contributed by atoms with Crippen LogP contribution in [0.1, 0.15) is 15.9 Å². The number of benzene rings is 1. The van der Waals surface area contributed by atoms with Gasteiger partial charge in [-0.2, -0.15) is 13.2 Å². The number of aromatic nitrogens is 1. The fourth-order valence-corrected chi connectivity index (χ4v) is 2.32. The van der Waals surface area contributed by atoms with Gasteiger partial charge in [-0.15, -0.1) is 0 Å². The van der Waals surface area contributed by atoms with Crippen molar-refractivity contribution in [2.75, 3.05) is 5.73 Å². The van der Waals surface area contributed by atoms with Crippen molar-refractivity contribution < 1.29 is 23.1 Å². The number of nitrogens with two attached hydrogens (primary N) is 1. The van der Waals surface area contributed by atoms with E-state index >= 15 is 0 Å². The summed E-state index contributed by atoms with van der Waals surface area (Å²) in [5.41, 5.74) is 5.23. The Bertz CT molecular complexity index is 672. The third kappa shape index (κ3) is 3.66. The van der Waals surface area contributed by atoms with Crippen molar-refractivity contribution >= 4 is 23.4 Å². The monoisotopic (exact) mass is 314 g/mol. The van der Waals surface area contributed by atoms with Gasteiger partial charge in [0.2, 0.25) is 0 Å². The zero-order valence-corrected chi connectivity index (χ0v) is 11.2. The van der Waals surface area contributed by atoms with E-state index in [9.17, 15) is 18.0 Å². The number of alkyl halides is 3. The molecule has 3 N–H and O–H groups in total. The number of halogens is 3. The van der Waals surface area contributed by atoms with Crippen LogP contribution in [0.25, 0.3) is 0 Å². The average molecular weight is 314 g/mol. The van der Waals surface area contributed by atoms with Crippen LogP contribution in [-0.2, 0) is 6.18 Å². The van der Waals surface area contributed by atoms with Crippen molar-refractivity contribution in [2.45, 2.75) is 16.1 Å². The minimum absolute atomic E-state index is 0.0404. The van der Waals surface area contributed by atoms with Gasteiger partial charge in [0.05, 0.1) is 11.1 Å². The van der Waals surface area contributed by atoms with Crippen LogP contribution in [0.2, 0.25) is 0 Å². The third-order valence-corrected chi connectivity index (χ3v) is 3.56. The highest BCUT2D eigenvalue weighted by Crippen LogP contribution is 2.34. The molecule has 0 bridgehead atoms. The quantitative estimate of drug-likeness (QED) is 0.848. The number of nitrogens with zero attached hydrogens (tertiary/aromatic N) is 1. The van der Waals surface area contributed by atoms with E-state index in [1.165, 1.54) is 24.3 Å². The van der Waals surface area contributed by atoms with Crippen LogP contribution in [-0.4, -0.2) is 16.1 Å². The second-order valence-electron chi connectivity index (χ2n) is 4.04. The summed E-state index contributed by atoms with van der Waals surface area (Å²) in [6.45, 7) is 0. The Labute approximate surface area is 121 Å². The molecule has 0 radical (unpaired) electrons. The number of carbonyl (C=O) groups is 1. The van der Waals surface area contributed by atoms with Crippen LogP contribution in [0.15, 0.2) is 46.5 Å². The number of carboxylic acids is 1. The first-order chi connectivity index (χ1) is 9.77. The number of aromatic carboxylic acids is 1. The lowest BCUT2D eigenvalue weighted by Crippen LogP contribution is -2.05. The van der Waals surface area contributed by atoms with Crippen molar-refractivity contribution in [2.24, 2.45) is 0 Å². The molecule has 0 amide bonds. The lowest BCUT2D eigenvalue weighted by atomic mass is 10.2. The molecule has 0 aliphatic carbocycles. The van der Waals surface area contributed by atoms with Gasteiger partial charge in [0.25, 0.3) is 0 Å². The van der Waals surface area contributed by atoms with Crippen molar-refractivity contribution in [1.82, 2.24) is 4.98 Å². The largest absolute Gasteiger partial charge is 0.478 e. The van der Waals surface area contributed by atoms with E-state index in [1.807, 2.05) is 0 Å².